The standard InChI is InChI=1S/C17H16ClNO4/c1-21-14-6-3-2-5-11(14)17(20)19-13-10-16-15(9-12(13)18)22-7-4-8-23-16/h2-3,5-6,9-10H,4,7-8H2,1H3,(H,19,20). The molecule has 0 spiro atoms. The number of carbonyl (C=O) groups excluding carboxylic acids is 1. The fourth-order valence-electron chi connectivity index (χ4n) is 2.30. The first-order chi connectivity index (χ1) is 11.2. The number of carbonyl (C=O) groups is 1. The summed E-state index contributed by atoms with van der Waals surface area (Å²) in [4.78, 5) is 12.5. The highest BCUT2D eigenvalue weighted by Crippen LogP contribution is 2.38. The number of nitrogens with one attached hydrogen (secondary N) is 1. The van der Waals surface area contributed by atoms with Crippen LogP contribution in [0.5, 0.6) is 17.2 Å². The second-order valence-corrected chi connectivity index (χ2v) is 5.39. The van der Waals surface area contributed by atoms with Gasteiger partial charge < -0.3 is 19.5 Å². The molecule has 0 fully saturated rings. The van der Waals surface area contributed by atoms with Gasteiger partial charge in [-0.1, -0.05) is 23.7 Å². The lowest BCUT2D eigenvalue weighted by atomic mass is 10.2. The van der Waals surface area contributed by atoms with Gasteiger partial charge in [-0.25, -0.2) is 0 Å². The van der Waals surface area contributed by atoms with Crippen molar-refractivity contribution < 1.29 is 19.0 Å². The normalized spacial score (nSPS) is 13.1. The highest BCUT2D eigenvalue weighted by Gasteiger charge is 2.17. The summed E-state index contributed by atoms with van der Waals surface area (Å²) < 4.78 is 16.4. The Morgan fingerprint density at radius 1 is 1.17 bits per heavy atom. The van der Waals surface area contributed by atoms with E-state index in [-0.39, 0.29) is 5.91 Å². The molecule has 0 saturated carbocycles. The number of anilines is 1. The number of rotatable bonds is 3. The van der Waals surface area contributed by atoms with Crippen LogP contribution in [0.25, 0.3) is 0 Å². The van der Waals surface area contributed by atoms with Crippen LogP contribution in [-0.2, 0) is 0 Å². The van der Waals surface area contributed by atoms with Crippen LogP contribution in [0.3, 0.4) is 0 Å². The number of para-hydroxylation sites is 1. The minimum Gasteiger partial charge on any atom is -0.496 e. The van der Waals surface area contributed by atoms with Crippen molar-refractivity contribution in [1.29, 1.82) is 0 Å². The Bertz CT molecular complexity index is 733. The molecule has 0 radical (unpaired) electrons. The van der Waals surface area contributed by atoms with E-state index in [2.05, 4.69) is 5.32 Å². The van der Waals surface area contributed by atoms with Gasteiger partial charge in [0.15, 0.2) is 11.5 Å². The Morgan fingerprint density at radius 3 is 2.61 bits per heavy atom. The third-order valence-electron chi connectivity index (χ3n) is 3.44. The van der Waals surface area contributed by atoms with E-state index in [1.165, 1.54) is 7.11 Å². The van der Waals surface area contributed by atoms with Crippen LogP contribution >= 0.6 is 11.6 Å². The monoisotopic (exact) mass is 333 g/mol. The third-order valence-corrected chi connectivity index (χ3v) is 3.75. The van der Waals surface area contributed by atoms with E-state index < -0.39 is 0 Å². The maximum absolute atomic E-state index is 12.5. The predicted octanol–water partition coefficient (Wildman–Crippen LogP) is 3.76. The second-order valence-electron chi connectivity index (χ2n) is 4.98. The highest BCUT2D eigenvalue weighted by atomic mass is 35.5. The summed E-state index contributed by atoms with van der Waals surface area (Å²) >= 11 is 6.24. The Balaban J connectivity index is 1.88. The zero-order valence-corrected chi connectivity index (χ0v) is 13.4. The van der Waals surface area contributed by atoms with Crippen LogP contribution in [0.4, 0.5) is 5.69 Å². The van der Waals surface area contributed by atoms with Crippen molar-refractivity contribution in [3.63, 3.8) is 0 Å². The maximum Gasteiger partial charge on any atom is 0.259 e. The third kappa shape index (κ3) is 3.35. The number of benzene rings is 2. The minimum atomic E-state index is -0.307. The van der Waals surface area contributed by atoms with Crippen LogP contribution in [0.15, 0.2) is 36.4 Å². The zero-order valence-electron chi connectivity index (χ0n) is 12.6. The molecule has 0 aromatic heterocycles. The number of hydrogen-bond acceptors (Lipinski definition) is 4. The summed E-state index contributed by atoms with van der Waals surface area (Å²) in [5, 5.41) is 3.17. The minimum absolute atomic E-state index is 0.307. The summed E-state index contributed by atoms with van der Waals surface area (Å²) in [6.07, 6.45) is 0.801. The molecular formula is C17H16ClNO4. The van der Waals surface area contributed by atoms with Gasteiger partial charge in [-0.3, -0.25) is 4.79 Å². The van der Waals surface area contributed by atoms with Crippen molar-refractivity contribution in [2.45, 2.75) is 6.42 Å². The van der Waals surface area contributed by atoms with E-state index in [1.54, 1.807) is 36.4 Å². The molecule has 1 aliphatic heterocycles. The molecule has 120 valence electrons. The van der Waals surface area contributed by atoms with E-state index >= 15 is 0 Å². The molecule has 0 aliphatic carbocycles. The summed E-state index contributed by atoms with van der Waals surface area (Å²) in [6, 6.07) is 10.3. The van der Waals surface area contributed by atoms with Crippen molar-refractivity contribution in [3.8, 4) is 17.2 Å². The number of methoxy groups -OCH3 is 1. The first-order valence-electron chi connectivity index (χ1n) is 7.22. The van der Waals surface area contributed by atoms with Gasteiger partial charge in [0.1, 0.15) is 5.75 Å². The predicted molar refractivity (Wildman–Crippen MR) is 88.0 cm³/mol. The molecule has 2 aromatic rings. The summed E-state index contributed by atoms with van der Waals surface area (Å²) in [5.74, 6) is 1.35. The van der Waals surface area contributed by atoms with Crippen LogP contribution in [0.2, 0.25) is 5.02 Å². The van der Waals surface area contributed by atoms with Gasteiger partial charge in [-0.05, 0) is 12.1 Å². The molecule has 0 atom stereocenters. The molecule has 6 heteroatoms. The fraction of sp³-hybridized carbons (Fsp3) is 0.235. The van der Waals surface area contributed by atoms with E-state index in [0.29, 0.717) is 46.7 Å². The van der Waals surface area contributed by atoms with Gasteiger partial charge in [0.05, 0.1) is 36.6 Å². The van der Waals surface area contributed by atoms with Gasteiger partial charge in [0.2, 0.25) is 0 Å². The maximum atomic E-state index is 12.5. The summed E-state index contributed by atoms with van der Waals surface area (Å²) in [6.45, 7) is 1.14. The van der Waals surface area contributed by atoms with E-state index in [0.717, 1.165) is 6.42 Å². The molecule has 23 heavy (non-hydrogen) atoms. The van der Waals surface area contributed by atoms with Crippen LogP contribution in [0.1, 0.15) is 16.8 Å². The lowest BCUT2D eigenvalue weighted by molar-refractivity contribution is 0.102. The molecule has 0 bridgehead atoms. The van der Waals surface area contributed by atoms with Crippen LogP contribution in [0, 0.1) is 0 Å². The first-order valence-corrected chi connectivity index (χ1v) is 7.60. The molecule has 3 rings (SSSR count). The lowest BCUT2D eigenvalue weighted by Crippen LogP contribution is -2.13. The smallest absolute Gasteiger partial charge is 0.259 e. The molecule has 1 amide bonds. The van der Waals surface area contributed by atoms with Gasteiger partial charge in [0, 0.05) is 18.6 Å². The van der Waals surface area contributed by atoms with Gasteiger partial charge >= 0.3 is 0 Å². The molecule has 0 saturated heterocycles. The zero-order chi connectivity index (χ0) is 16.2. The average molecular weight is 334 g/mol. The quantitative estimate of drug-likeness (QED) is 0.929. The molecule has 2 aromatic carbocycles. The average Bonchev–Trinajstić information content (AvgIpc) is 2.80. The van der Waals surface area contributed by atoms with E-state index in [4.69, 9.17) is 25.8 Å². The number of hydrogen-bond donors (Lipinski definition) is 1. The number of ether oxygens (including phenoxy) is 3. The van der Waals surface area contributed by atoms with Crippen LogP contribution in [-0.4, -0.2) is 26.2 Å². The Kier molecular flexibility index (Phi) is 4.57. The highest BCUT2D eigenvalue weighted by molar-refractivity contribution is 6.34. The number of fused-ring (bicyclic) bond motifs is 1. The Hall–Kier alpha value is -2.40. The topological polar surface area (TPSA) is 56.8 Å². The molecule has 0 unspecified atom stereocenters. The van der Waals surface area contributed by atoms with Crippen molar-refractivity contribution in [3.05, 3.63) is 47.0 Å². The van der Waals surface area contributed by atoms with E-state index in [9.17, 15) is 4.79 Å². The molecule has 1 N–H and O–H groups in total. The summed E-state index contributed by atoms with van der Waals surface area (Å²) in [7, 11) is 1.52. The molecule has 5 nitrogen and oxygen atoms in total. The van der Waals surface area contributed by atoms with Crippen molar-refractivity contribution in [2.75, 3.05) is 25.6 Å². The largest absolute Gasteiger partial charge is 0.496 e. The Labute approximate surface area is 139 Å². The second kappa shape index (κ2) is 6.79. The SMILES string of the molecule is COc1ccccc1C(=O)Nc1cc2c(cc1Cl)OCCCO2. The van der Waals surface area contributed by atoms with Gasteiger partial charge in [0.25, 0.3) is 5.91 Å². The Morgan fingerprint density at radius 2 is 1.87 bits per heavy atom. The molecular weight excluding hydrogens is 318 g/mol. The number of halogens is 1. The summed E-state index contributed by atoms with van der Waals surface area (Å²) in [5.41, 5.74) is 0.894. The van der Waals surface area contributed by atoms with Crippen molar-refractivity contribution in [2.24, 2.45) is 0 Å². The van der Waals surface area contributed by atoms with Crippen molar-refractivity contribution in [1.82, 2.24) is 0 Å². The van der Waals surface area contributed by atoms with E-state index in [1.807, 2.05) is 0 Å². The fourth-order valence-corrected chi connectivity index (χ4v) is 2.50. The van der Waals surface area contributed by atoms with Crippen molar-refractivity contribution >= 4 is 23.2 Å². The first kappa shape index (κ1) is 15.5. The number of amides is 1. The molecule has 1 aliphatic rings. The molecule has 1 heterocycles. The van der Waals surface area contributed by atoms with Gasteiger partial charge in [-0.15, -0.1) is 0 Å². The van der Waals surface area contributed by atoms with Crippen LogP contribution < -0.4 is 19.5 Å². The van der Waals surface area contributed by atoms with Gasteiger partial charge in [-0.2, -0.15) is 0 Å². The lowest BCUT2D eigenvalue weighted by Gasteiger charge is -2.13.